The minimum absolute atomic E-state index is 0.0593. The summed E-state index contributed by atoms with van der Waals surface area (Å²) < 4.78 is 13.4. The first-order valence-corrected chi connectivity index (χ1v) is 5.82. The van der Waals surface area contributed by atoms with Crippen molar-refractivity contribution in [1.82, 2.24) is 4.98 Å². The molecule has 19 heavy (non-hydrogen) atoms. The van der Waals surface area contributed by atoms with E-state index >= 15 is 0 Å². The zero-order valence-electron chi connectivity index (χ0n) is 10.7. The summed E-state index contributed by atoms with van der Waals surface area (Å²) in [6.07, 6.45) is 0. The molecule has 1 aromatic heterocycles. The van der Waals surface area contributed by atoms with Crippen molar-refractivity contribution < 1.29 is 9.18 Å². The number of Topliss-reactive ketones (excluding diaryl/α,β-unsaturated/α-hetero) is 1. The van der Waals surface area contributed by atoms with Gasteiger partial charge in [-0.15, -0.1) is 0 Å². The van der Waals surface area contributed by atoms with Crippen LogP contribution in [0.3, 0.4) is 0 Å². The fraction of sp³-hybridized carbons (Fsp3) is 0.125. The molecule has 0 saturated carbocycles. The molecule has 0 aliphatic rings. The Balaban J connectivity index is 2.35. The number of benzene rings is 1. The van der Waals surface area contributed by atoms with Crippen molar-refractivity contribution in [2.45, 2.75) is 13.8 Å². The zero-order chi connectivity index (χ0) is 13.8. The minimum atomic E-state index is -0.522. The van der Waals surface area contributed by atoms with Gasteiger partial charge >= 0.3 is 0 Å². The van der Waals surface area contributed by atoms with E-state index in [1.807, 2.05) is 19.1 Å². The van der Waals surface area contributed by atoms with Gasteiger partial charge in [0, 0.05) is 11.3 Å². The molecule has 0 unspecified atom stereocenters. The standard InChI is InChI=1S/C16H12FNO/c1-11-4-3-5-14(18-11)8-6-13-7-9-16(17)15(10-13)12(2)19/h3-5,7,9-10H,1-2H3. The number of pyridine rings is 1. The third-order valence-corrected chi connectivity index (χ3v) is 2.57. The largest absolute Gasteiger partial charge is 0.294 e. The Morgan fingerprint density at radius 3 is 2.68 bits per heavy atom. The number of ketones is 1. The van der Waals surface area contributed by atoms with Crippen LogP contribution in [0.1, 0.15) is 34.2 Å². The first kappa shape index (κ1) is 13.0. The predicted octanol–water partition coefficient (Wildman–Crippen LogP) is 3.13. The van der Waals surface area contributed by atoms with Crippen LogP contribution in [0.4, 0.5) is 4.39 Å². The lowest BCUT2D eigenvalue weighted by atomic mass is 10.1. The molecule has 94 valence electrons. The highest BCUT2D eigenvalue weighted by atomic mass is 19.1. The van der Waals surface area contributed by atoms with Gasteiger partial charge in [-0.3, -0.25) is 4.79 Å². The van der Waals surface area contributed by atoms with E-state index in [1.54, 1.807) is 12.1 Å². The highest BCUT2D eigenvalue weighted by molar-refractivity contribution is 5.94. The van der Waals surface area contributed by atoms with Gasteiger partial charge < -0.3 is 0 Å². The van der Waals surface area contributed by atoms with Gasteiger partial charge in [0.1, 0.15) is 11.5 Å². The fourth-order valence-corrected chi connectivity index (χ4v) is 1.62. The fourth-order valence-electron chi connectivity index (χ4n) is 1.62. The molecule has 1 aromatic carbocycles. The number of carbonyl (C=O) groups excluding carboxylic acids is 1. The highest BCUT2D eigenvalue weighted by Crippen LogP contribution is 2.10. The Labute approximate surface area is 111 Å². The van der Waals surface area contributed by atoms with Crippen molar-refractivity contribution >= 4 is 5.78 Å². The third-order valence-electron chi connectivity index (χ3n) is 2.57. The predicted molar refractivity (Wildman–Crippen MR) is 71.4 cm³/mol. The summed E-state index contributed by atoms with van der Waals surface area (Å²) in [7, 11) is 0. The van der Waals surface area contributed by atoms with Crippen molar-refractivity contribution in [2.75, 3.05) is 0 Å². The summed E-state index contributed by atoms with van der Waals surface area (Å²) in [4.78, 5) is 15.5. The molecule has 0 aliphatic heterocycles. The number of halogens is 1. The first-order chi connectivity index (χ1) is 9.06. The topological polar surface area (TPSA) is 30.0 Å². The van der Waals surface area contributed by atoms with Crippen LogP contribution in [-0.2, 0) is 0 Å². The SMILES string of the molecule is CC(=O)c1cc(C#Cc2cccc(C)n2)ccc1F. The van der Waals surface area contributed by atoms with Crippen LogP contribution in [0.15, 0.2) is 36.4 Å². The summed E-state index contributed by atoms with van der Waals surface area (Å²) in [5, 5.41) is 0. The van der Waals surface area contributed by atoms with E-state index in [2.05, 4.69) is 16.8 Å². The van der Waals surface area contributed by atoms with E-state index in [0.29, 0.717) is 11.3 Å². The molecule has 0 amide bonds. The van der Waals surface area contributed by atoms with Gasteiger partial charge in [0.05, 0.1) is 5.56 Å². The number of carbonyl (C=O) groups is 1. The maximum Gasteiger partial charge on any atom is 0.162 e. The monoisotopic (exact) mass is 253 g/mol. The average molecular weight is 253 g/mol. The number of nitrogens with zero attached hydrogens (tertiary/aromatic N) is 1. The van der Waals surface area contributed by atoms with Gasteiger partial charge in [0.2, 0.25) is 0 Å². The van der Waals surface area contributed by atoms with Crippen molar-refractivity contribution in [1.29, 1.82) is 0 Å². The smallest absolute Gasteiger partial charge is 0.162 e. The van der Waals surface area contributed by atoms with Crippen molar-refractivity contribution in [3.8, 4) is 11.8 Å². The molecule has 0 fully saturated rings. The van der Waals surface area contributed by atoms with E-state index < -0.39 is 5.82 Å². The first-order valence-electron chi connectivity index (χ1n) is 5.82. The second kappa shape index (κ2) is 5.45. The summed E-state index contributed by atoms with van der Waals surface area (Å²) in [6, 6.07) is 9.82. The average Bonchev–Trinajstić information content (AvgIpc) is 2.37. The number of aromatic nitrogens is 1. The number of hydrogen-bond donors (Lipinski definition) is 0. The molecule has 0 N–H and O–H groups in total. The van der Waals surface area contributed by atoms with E-state index in [1.165, 1.54) is 19.1 Å². The Hall–Kier alpha value is -2.47. The van der Waals surface area contributed by atoms with E-state index in [0.717, 1.165) is 5.69 Å². The quantitative estimate of drug-likeness (QED) is 0.577. The molecule has 2 nitrogen and oxygen atoms in total. The highest BCUT2D eigenvalue weighted by Gasteiger charge is 2.06. The van der Waals surface area contributed by atoms with Crippen LogP contribution in [-0.4, -0.2) is 10.8 Å². The Morgan fingerprint density at radius 2 is 2.00 bits per heavy atom. The van der Waals surface area contributed by atoms with Gasteiger partial charge in [-0.2, -0.15) is 0 Å². The second-order valence-electron chi connectivity index (χ2n) is 4.17. The molecule has 0 atom stereocenters. The molecule has 0 spiro atoms. The van der Waals surface area contributed by atoms with Crippen molar-refractivity contribution in [3.63, 3.8) is 0 Å². The maximum atomic E-state index is 13.4. The lowest BCUT2D eigenvalue weighted by Gasteiger charge is -1.98. The van der Waals surface area contributed by atoms with Gasteiger partial charge in [0.25, 0.3) is 0 Å². The maximum absolute atomic E-state index is 13.4. The van der Waals surface area contributed by atoms with Crippen molar-refractivity contribution in [2.24, 2.45) is 0 Å². The molecule has 0 radical (unpaired) electrons. The second-order valence-corrected chi connectivity index (χ2v) is 4.17. The van der Waals surface area contributed by atoms with Crippen LogP contribution in [0.25, 0.3) is 0 Å². The van der Waals surface area contributed by atoms with E-state index in [-0.39, 0.29) is 11.3 Å². The zero-order valence-corrected chi connectivity index (χ0v) is 10.7. The lowest BCUT2D eigenvalue weighted by molar-refractivity contribution is 0.101. The molecular formula is C16H12FNO. The molecule has 1 heterocycles. The number of hydrogen-bond acceptors (Lipinski definition) is 2. The van der Waals surface area contributed by atoms with Gasteiger partial charge in [0.15, 0.2) is 5.78 Å². The molecule has 2 rings (SSSR count). The normalized spacial score (nSPS) is 9.63. The summed E-state index contributed by atoms with van der Waals surface area (Å²) >= 11 is 0. The van der Waals surface area contributed by atoms with Crippen molar-refractivity contribution in [3.05, 3.63) is 64.7 Å². The van der Waals surface area contributed by atoms with Crippen LogP contribution in [0.5, 0.6) is 0 Å². The van der Waals surface area contributed by atoms with Gasteiger partial charge in [-0.25, -0.2) is 9.37 Å². The van der Waals surface area contributed by atoms with E-state index in [9.17, 15) is 9.18 Å². The third kappa shape index (κ3) is 3.26. The minimum Gasteiger partial charge on any atom is -0.294 e. The van der Waals surface area contributed by atoms with Crippen LogP contribution in [0.2, 0.25) is 0 Å². The summed E-state index contributed by atoms with van der Waals surface area (Å²) in [6.45, 7) is 3.22. The Morgan fingerprint density at radius 1 is 1.21 bits per heavy atom. The van der Waals surface area contributed by atoms with Gasteiger partial charge in [-0.1, -0.05) is 12.0 Å². The van der Waals surface area contributed by atoms with Gasteiger partial charge in [-0.05, 0) is 50.1 Å². The molecule has 0 aliphatic carbocycles. The summed E-state index contributed by atoms with van der Waals surface area (Å²) in [5.74, 6) is 4.94. The van der Waals surface area contributed by atoms with Crippen LogP contribution < -0.4 is 0 Å². The lowest BCUT2D eigenvalue weighted by Crippen LogP contribution is -1.97. The molecule has 0 saturated heterocycles. The van der Waals surface area contributed by atoms with Crippen LogP contribution >= 0.6 is 0 Å². The molecule has 0 bridgehead atoms. The number of aryl methyl sites for hydroxylation is 1. The molecule has 2 aromatic rings. The molecular weight excluding hydrogens is 241 g/mol. The Bertz CT molecular complexity index is 695. The molecule has 3 heteroatoms. The van der Waals surface area contributed by atoms with Crippen LogP contribution in [0, 0.1) is 24.6 Å². The Kier molecular flexibility index (Phi) is 3.72. The van der Waals surface area contributed by atoms with E-state index in [4.69, 9.17) is 0 Å². The number of rotatable bonds is 1. The summed E-state index contributed by atoms with van der Waals surface area (Å²) in [5.41, 5.74) is 2.18.